The van der Waals surface area contributed by atoms with Gasteiger partial charge in [0, 0.05) is 6.54 Å². The molecule has 0 radical (unpaired) electrons. The first kappa shape index (κ1) is 15.8. The molecule has 0 spiro atoms. The second kappa shape index (κ2) is 6.58. The van der Waals surface area contributed by atoms with Crippen LogP contribution in [0.15, 0.2) is 27.2 Å². The summed E-state index contributed by atoms with van der Waals surface area (Å²) in [6.07, 6.45) is 4.09. The van der Waals surface area contributed by atoms with Crippen molar-refractivity contribution in [2.24, 2.45) is 0 Å². The third-order valence-corrected chi connectivity index (χ3v) is 4.37. The van der Waals surface area contributed by atoms with Crippen molar-refractivity contribution in [1.82, 2.24) is 9.88 Å². The zero-order valence-corrected chi connectivity index (χ0v) is 13.5. The molecule has 2 atom stereocenters. The number of likely N-dealkylation sites (tertiary alicyclic amines) is 1. The van der Waals surface area contributed by atoms with Gasteiger partial charge in [0.2, 0.25) is 5.91 Å². The van der Waals surface area contributed by atoms with E-state index in [4.69, 9.17) is 8.83 Å². The summed E-state index contributed by atoms with van der Waals surface area (Å²) in [6.45, 7) is 4.23. The van der Waals surface area contributed by atoms with Crippen molar-refractivity contribution in [1.29, 1.82) is 0 Å². The number of aliphatic hydroxyl groups is 1. The number of oxazole rings is 1. The Morgan fingerprint density at radius 1 is 1.52 bits per heavy atom. The third kappa shape index (κ3) is 3.32. The van der Waals surface area contributed by atoms with Crippen molar-refractivity contribution in [3.63, 3.8) is 0 Å². The molecule has 0 bridgehead atoms. The molecule has 6 nitrogen and oxygen atoms in total. The van der Waals surface area contributed by atoms with Crippen LogP contribution in [0.2, 0.25) is 0 Å². The number of carbonyl (C=O) groups excluding carboxylic acids is 1. The summed E-state index contributed by atoms with van der Waals surface area (Å²) in [5.41, 5.74) is 0.622. The molecule has 1 aliphatic heterocycles. The first-order valence-electron chi connectivity index (χ1n) is 8.04. The number of aromatic nitrogens is 1. The molecule has 2 unspecified atom stereocenters. The zero-order chi connectivity index (χ0) is 16.4. The third-order valence-electron chi connectivity index (χ3n) is 4.37. The van der Waals surface area contributed by atoms with Crippen LogP contribution in [0.5, 0.6) is 0 Å². The second-order valence-corrected chi connectivity index (χ2v) is 6.07. The lowest BCUT2D eigenvalue weighted by molar-refractivity contribution is -0.137. The lowest BCUT2D eigenvalue weighted by Gasteiger charge is -2.37. The Morgan fingerprint density at radius 3 is 3.04 bits per heavy atom. The Hall–Kier alpha value is -2.08. The van der Waals surface area contributed by atoms with E-state index in [0.717, 1.165) is 19.3 Å². The van der Waals surface area contributed by atoms with Crippen LogP contribution in [0.25, 0.3) is 11.7 Å². The molecule has 3 rings (SSSR count). The van der Waals surface area contributed by atoms with Gasteiger partial charge in [-0.25, -0.2) is 4.98 Å². The van der Waals surface area contributed by atoms with E-state index >= 15 is 0 Å². The fourth-order valence-electron chi connectivity index (χ4n) is 3.11. The molecule has 1 amide bonds. The Morgan fingerprint density at radius 2 is 2.35 bits per heavy atom. The van der Waals surface area contributed by atoms with E-state index in [2.05, 4.69) is 4.98 Å². The number of aliphatic hydroxyl groups excluding tert-OH is 1. The predicted octanol–water partition coefficient (Wildman–Crippen LogP) is 2.55. The van der Waals surface area contributed by atoms with Crippen molar-refractivity contribution in [2.45, 2.75) is 51.7 Å². The highest BCUT2D eigenvalue weighted by atomic mass is 16.4. The number of piperidine rings is 1. The maximum atomic E-state index is 12.6. The van der Waals surface area contributed by atoms with Gasteiger partial charge in [-0.05, 0) is 45.2 Å². The molecular weight excluding hydrogens is 296 g/mol. The predicted molar refractivity (Wildman–Crippen MR) is 83.7 cm³/mol. The van der Waals surface area contributed by atoms with Gasteiger partial charge in [-0.15, -0.1) is 0 Å². The fourth-order valence-corrected chi connectivity index (χ4v) is 3.11. The van der Waals surface area contributed by atoms with Crippen LogP contribution >= 0.6 is 0 Å². The minimum Gasteiger partial charge on any atom is -0.459 e. The monoisotopic (exact) mass is 318 g/mol. The van der Waals surface area contributed by atoms with Crippen molar-refractivity contribution in [3.8, 4) is 11.7 Å². The van der Waals surface area contributed by atoms with Gasteiger partial charge in [-0.3, -0.25) is 4.79 Å². The summed E-state index contributed by atoms with van der Waals surface area (Å²) in [7, 11) is 0. The molecule has 124 valence electrons. The molecule has 0 aliphatic carbocycles. The van der Waals surface area contributed by atoms with Crippen molar-refractivity contribution < 1.29 is 18.7 Å². The van der Waals surface area contributed by atoms with E-state index in [1.165, 1.54) is 0 Å². The van der Waals surface area contributed by atoms with Crippen LogP contribution in [-0.4, -0.2) is 39.6 Å². The Kier molecular flexibility index (Phi) is 4.52. The molecule has 3 heterocycles. The van der Waals surface area contributed by atoms with Crippen LogP contribution in [0.3, 0.4) is 0 Å². The van der Waals surface area contributed by atoms with Crippen molar-refractivity contribution >= 4 is 5.91 Å². The Bertz CT molecular complexity index is 660. The number of nitrogens with zero attached hydrogens (tertiary/aromatic N) is 2. The number of hydrogen-bond donors (Lipinski definition) is 1. The van der Waals surface area contributed by atoms with Gasteiger partial charge in [-0.2, -0.15) is 0 Å². The van der Waals surface area contributed by atoms with Gasteiger partial charge in [-0.1, -0.05) is 0 Å². The van der Waals surface area contributed by atoms with Crippen LogP contribution in [0.4, 0.5) is 0 Å². The van der Waals surface area contributed by atoms with Crippen molar-refractivity contribution in [2.75, 3.05) is 6.54 Å². The SMILES string of the molecule is Cc1oc(-c2ccco2)nc1CC(=O)N1CCCCC1C(C)O. The highest BCUT2D eigenvalue weighted by Crippen LogP contribution is 2.24. The molecule has 6 heteroatoms. The topological polar surface area (TPSA) is 79.7 Å². The number of carbonyl (C=O) groups is 1. The maximum absolute atomic E-state index is 12.6. The molecule has 0 aromatic carbocycles. The quantitative estimate of drug-likeness (QED) is 0.937. The van der Waals surface area contributed by atoms with E-state index < -0.39 is 6.10 Å². The first-order chi connectivity index (χ1) is 11.1. The molecule has 2 aromatic rings. The zero-order valence-electron chi connectivity index (χ0n) is 13.5. The Balaban J connectivity index is 1.75. The summed E-state index contributed by atoms with van der Waals surface area (Å²) in [5, 5.41) is 9.91. The van der Waals surface area contributed by atoms with Gasteiger partial charge < -0.3 is 18.8 Å². The molecule has 23 heavy (non-hydrogen) atoms. The van der Waals surface area contributed by atoms with E-state index in [9.17, 15) is 9.90 Å². The van der Waals surface area contributed by atoms with Crippen LogP contribution in [0.1, 0.15) is 37.6 Å². The average Bonchev–Trinajstić information content (AvgIpc) is 3.17. The number of rotatable bonds is 4. The highest BCUT2D eigenvalue weighted by Gasteiger charge is 2.30. The highest BCUT2D eigenvalue weighted by molar-refractivity contribution is 5.79. The lowest BCUT2D eigenvalue weighted by atomic mass is 9.97. The smallest absolute Gasteiger partial charge is 0.263 e. The molecule has 1 fully saturated rings. The van der Waals surface area contributed by atoms with Crippen LogP contribution in [-0.2, 0) is 11.2 Å². The number of amides is 1. The van der Waals surface area contributed by atoms with Gasteiger partial charge in [0.25, 0.3) is 5.89 Å². The normalized spacial score (nSPS) is 19.8. The number of aryl methyl sites for hydroxylation is 1. The Labute approximate surface area is 135 Å². The molecule has 2 aromatic heterocycles. The molecule has 0 saturated carbocycles. The average molecular weight is 318 g/mol. The van der Waals surface area contributed by atoms with Crippen LogP contribution < -0.4 is 0 Å². The summed E-state index contributed by atoms with van der Waals surface area (Å²) < 4.78 is 10.9. The van der Waals surface area contributed by atoms with Crippen LogP contribution in [0, 0.1) is 6.92 Å². The van der Waals surface area contributed by atoms with E-state index in [1.54, 1.807) is 37.1 Å². The number of furan rings is 1. The molecular formula is C17H22N2O4. The van der Waals surface area contributed by atoms with E-state index in [0.29, 0.717) is 29.6 Å². The molecule has 1 saturated heterocycles. The molecule has 1 N–H and O–H groups in total. The molecule has 1 aliphatic rings. The summed E-state index contributed by atoms with van der Waals surface area (Å²) in [5.74, 6) is 1.54. The van der Waals surface area contributed by atoms with Gasteiger partial charge in [0.1, 0.15) is 5.76 Å². The van der Waals surface area contributed by atoms with E-state index in [-0.39, 0.29) is 18.4 Å². The summed E-state index contributed by atoms with van der Waals surface area (Å²) in [4.78, 5) is 18.8. The number of hydrogen-bond acceptors (Lipinski definition) is 5. The van der Waals surface area contributed by atoms with E-state index in [1.807, 2.05) is 0 Å². The van der Waals surface area contributed by atoms with Crippen molar-refractivity contribution in [3.05, 3.63) is 29.9 Å². The minimum atomic E-state index is -0.517. The largest absolute Gasteiger partial charge is 0.459 e. The summed E-state index contributed by atoms with van der Waals surface area (Å²) >= 11 is 0. The van der Waals surface area contributed by atoms with Gasteiger partial charge in [0.05, 0.1) is 30.5 Å². The minimum absolute atomic E-state index is 0.0157. The fraction of sp³-hybridized carbons (Fsp3) is 0.529. The second-order valence-electron chi connectivity index (χ2n) is 6.07. The summed E-state index contributed by atoms with van der Waals surface area (Å²) in [6, 6.07) is 3.43. The maximum Gasteiger partial charge on any atom is 0.263 e. The van der Waals surface area contributed by atoms with Gasteiger partial charge >= 0.3 is 0 Å². The standard InChI is InChI=1S/C17H22N2O4/c1-11(20)14-6-3-4-8-19(14)16(21)10-13-12(2)23-17(18-13)15-7-5-9-22-15/h5,7,9,11,14,20H,3-4,6,8,10H2,1-2H3. The lowest BCUT2D eigenvalue weighted by Crippen LogP contribution is -2.49. The van der Waals surface area contributed by atoms with Gasteiger partial charge in [0.15, 0.2) is 5.76 Å². The first-order valence-corrected chi connectivity index (χ1v) is 8.04.